The molecule has 4 heteroatoms. The number of hydrogen-bond donors (Lipinski definition) is 1. The largest absolute Gasteiger partial charge is 0.481 e. The Balaban J connectivity index is 2.35. The molecule has 5 atom stereocenters. The first-order valence-electron chi connectivity index (χ1n) is 8.63. The molecule has 0 aromatic heterocycles. The van der Waals surface area contributed by atoms with Crippen LogP contribution in [0.5, 0.6) is 0 Å². The normalized spacial score (nSPS) is 36.7. The molecule has 0 radical (unpaired) electrons. The third-order valence-corrected chi connectivity index (χ3v) is 11.0. The van der Waals surface area contributed by atoms with Crippen molar-refractivity contribution in [2.45, 2.75) is 57.8 Å². The summed E-state index contributed by atoms with van der Waals surface area (Å²) in [7, 11) is -1.78. The van der Waals surface area contributed by atoms with Gasteiger partial charge in [0.2, 0.25) is 0 Å². The van der Waals surface area contributed by atoms with E-state index in [1.165, 1.54) is 0 Å². The van der Waals surface area contributed by atoms with Crippen LogP contribution in [-0.4, -0.2) is 25.0 Å². The fraction of sp³-hybridized carbons (Fsp3) is 0.722. The van der Waals surface area contributed by atoms with Crippen molar-refractivity contribution in [3.8, 4) is 0 Å². The van der Waals surface area contributed by atoms with Crippen LogP contribution >= 0.6 is 0 Å². The first-order valence-corrected chi connectivity index (χ1v) is 11.2. The highest BCUT2D eigenvalue weighted by molar-refractivity contribution is 6.73. The molecule has 1 saturated carbocycles. The molecule has 0 saturated heterocycles. The molecule has 0 amide bonds. The van der Waals surface area contributed by atoms with Crippen LogP contribution in [0.15, 0.2) is 24.8 Å². The van der Waals surface area contributed by atoms with Gasteiger partial charge in [-0.15, -0.1) is 6.58 Å². The van der Waals surface area contributed by atoms with Gasteiger partial charge in [0.05, 0.1) is 5.60 Å². The zero-order chi connectivity index (χ0) is 16.5. The van der Waals surface area contributed by atoms with Crippen molar-refractivity contribution >= 4 is 14.3 Å². The smallest absolute Gasteiger partial charge is 0.303 e. The first-order chi connectivity index (χ1) is 10.4. The summed E-state index contributed by atoms with van der Waals surface area (Å²) >= 11 is 0. The topological polar surface area (TPSA) is 46.5 Å². The summed E-state index contributed by atoms with van der Waals surface area (Å²) in [6.45, 7) is 13.0. The second-order valence-corrected chi connectivity index (χ2v) is 11.7. The Morgan fingerprint density at radius 1 is 1.27 bits per heavy atom. The van der Waals surface area contributed by atoms with Crippen LogP contribution in [0.3, 0.4) is 0 Å². The van der Waals surface area contributed by atoms with Crippen LogP contribution in [0.25, 0.3) is 0 Å². The predicted molar refractivity (Wildman–Crippen MR) is 92.2 cm³/mol. The maximum Gasteiger partial charge on any atom is 0.303 e. The van der Waals surface area contributed by atoms with E-state index in [0.717, 1.165) is 18.1 Å². The minimum Gasteiger partial charge on any atom is -0.481 e. The van der Waals surface area contributed by atoms with Crippen LogP contribution in [0.1, 0.15) is 34.1 Å². The number of fused-ring (bicyclic) bond motifs is 2. The van der Waals surface area contributed by atoms with Crippen molar-refractivity contribution in [2.24, 2.45) is 23.7 Å². The molecule has 0 heterocycles. The van der Waals surface area contributed by atoms with Crippen molar-refractivity contribution in [2.75, 3.05) is 0 Å². The summed E-state index contributed by atoms with van der Waals surface area (Å²) < 4.78 is 6.92. The Bertz CT molecular complexity index is 461. The molecule has 0 aromatic rings. The van der Waals surface area contributed by atoms with Crippen LogP contribution in [-0.2, 0) is 9.22 Å². The highest BCUT2D eigenvalue weighted by Gasteiger charge is 2.61. The fourth-order valence-corrected chi connectivity index (χ4v) is 7.76. The summed E-state index contributed by atoms with van der Waals surface area (Å²) in [6.07, 6.45) is 6.66. The highest BCUT2D eigenvalue weighted by Crippen LogP contribution is 2.59. The van der Waals surface area contributed by atoms with E-state index in [1.54, 1.807) is 0 Å². The number of carbonyl (C=O) groups is 1. The summed E-state index contributed by atoms with van der Waals surface area (Å²) in [5.41, 5.74) is -0.367. The number of hydrogen-bond acceptors (Lipinski definition) is 2. The Morgan fingerprint density at radius 2 is 1.82 bits per heavy atom. The second-order valence-electron chi connectivity index (χ2n) is 6.96. The Labute approximate surface area is 135 Å². The molecule has 2 bridgehead atoms. The van der Waals surface area contributed by atoms with Gasteiger partial charge in [-0.3, -0.25) is 4.79 Å². The van der Waals surface area contributed by atoms with E-state index in [-0.39, 0.29) is 29.8 Å². The van der Waals surface area contributed by atoms with Crippen LogP contribution in [0, 0.1) is 23.7 Å². The van der Waals surface area contributed by atoms with Gasteiger partial charge in [-0.1, -0.05) is 45.9 Å². The molecular weight excluding hydrogens is 292 g/mol. The van der Waals surface area contributed by atoms with E-state index in [2.05, 4.69) is 46.4 Å². The van der Waals surface area contributed by atoms with Gasteiger partial charge in [-0.2, -0.15) is 0 Å². The van der Waals surface area contributed by atoms with E-state index in [0.29, 0.717) is 5.92 Å². The SMILES string of the molecule is C=C[C@]1(O[Si](CC)(CC)CC)[C@@H]2C=C[C@H]1[C@@H](CC(=O)O)[C@@H]2C. The van der Waals surface area contributed by atoms with Crippen molar-refractivity contribution in [3.63, 3.8) is 0 Å². The van der Waals surface area contributed by atoms with E-state index in [4.69, 9.17) is 4.43 Å². The van der Waals surface area contributed by atoms with Gasteiger partial charge >= 0.3 is 5.97 Å². The van der Waals surface area contributed by atoms with Crippen LogP contribution < -0.4 is 0 Å². The lowest BCUT2D eigenvalue weighted by molar-refractivity contribution is -0.138. The minimum absolute atomic E-state index is 0.155. The molecule has 2 rings (SSSR count). The highest BCUT2D eigenvalue weighted by atomic mass is 28.4. The monoisotopic (exact) mass is 322 g/mol. The van der Waals surface area contributed by atoms with E-state index in [1.807, 2.05) is 6.08 Å². The number of aliphatic carboxylic acids is 1. The zero-order valence-corrected chi connectivity index (χ0v) is 15.3. The number of carboxylic acid groups (broad SMARTS) is 1. The average molecular weight is 323 g/mol. The van der Waals surface area contributed by atoms with E-state index >= 15 is 0 Å². The van der Waals surface area contributed by atoms with Gasteiger partial charge in [0.1, 0.15) is 0 Å². The zero-order valence-electron chi connectivity index (χ0n) is 14.3. The third kappa shape index (κ3) is 2.50. The lowest BCUT2D eigenvalue weighted by atomic mass is 9.82. The average Bonchev–Trinajstić information content (AvgIpc) is 2.96. The minimum atomic E-state index is -1.78. The fourth-order valence-electron chi connectivity index (χ4n) is 4.73. The van der Waals surface area contributed by atoms with Crippen molar-refractivity contribution in [1.29, 1.82) is 0 Å². The molecule has 0 spiro atoms. The molecule has 2 aliphatic rings. The molecule has 0 aliphatic heterocycles. The maximum absolute atomic E-state index is 11.2. The summed E-state index contributed by atoms with van der Waals surface area (Å²) in [6, 6.07) is 3.31. The Morgan fingerprint density at radius 3 is 2.27 bits per heavy atom. The predicted octanol–water partition coefficient (Wildman–Crippen LogP) is 4.48. The molecule has 0 aromatic carbocycles. The Kier molecular flexibility index (Phi) is 5.02. The lowest BCUT2D eigenvalue weighted by Crippen LogP contribution is -2.50. The van der Waals surface area contributed by atoms with Crippen molar-refractivity contribution in [1.82, 2.24) is 0 Å². The number of rotatable bonds is 8. The number of carboxylic acids is 1. The molecule has 2 aliphatic carbocycles. The molecule has 0 unspecified atom stereocenters. The molecule has 124 valence electrons. The van der Waals surface area contributed by atoms with Gasteiger partial charge in [-0.25, -0.2) is 0 Å². The van der Waals surface area contributed by atoms with Gasteiger partial charge in [0.15, 0.2) is 8.32 Å². The summed E-state index contributed by atoms with van der Waals surface area (Å²) in [5, 5.41) is 9.25. The quantitative estimate of drug-likeness (QED) is 0.529. The molecule has 3 nitrogen and oxygen atoms in total. The summed E-state index contributed by atoms with van der Waals surface area (Å²) in [4.78, 5) is 11.2. The molecular formula is C18H30O3Si. The van der Waals surface area contributed by atoms with E-state index in [9.17, 15) is 9.90 Å². The molecule has 1 fully saturated rings. The molecule has 22 heavy (non-hydrogen) atoms. The van der Waals surface area contributed by atoms with Crippen LogP contribution in [0.2, 0.25) is 18.1 Å². The Hall–Kier alpha value is -0.873. The second kappa shape index (κ2) is 6.32. The van der Waals surface area contributed by atoms with Gasteiger partial charge in [0, 0.05) is 18.3 Å². The van der Waals surface area contributed by atoms with Crippen molar-refractivity contribution < 1.29 is 14.3 Å². The summed E-state index contributed by atoms with van der Waals surface area (Å²) in [5.74, 6) is 0.221. The van der Waals surface area contributed by atoms with Crippen LogP contribution in [0.4, 0.5) is 0 Å². The first kappa shape index (κ1) is 17.5. The van der Waals surface area contributed by atoms with Crippen molar-refractivity contribution in [3.05, 3.63) is 24.8 Å². The van der Waals surface area contributed by atoms with E-state index < -0.39 is 14.3 Å². The molecule has 1 N–H and O–H groups in total. The standard InChI is InChI=1S/C18H30O3Si/c1-6-18(21-22(7-2,8-3)9-4)15-10-11-16(18)14(13(15)5)12-17(19)20/h6,10-11,13-16H,1,7-9,12H2,2-5H3,(H,19,20)/t13-,14-,15+,16-,18-/m0/s1. The maximum atomic E-state index is 11.2. The van der Waals surface area contributed by atoms with Gasteiger partial charge in [-0.05, 0) is 30.0 Å². The lowest BCUT2D eigenvalue weighted by Gasteiger charge is -2.42. The van der Waals surface area contributed by atoms with Gasteiger partial charge < -0.3 is 9.53 Å². The third-order valence-electron chi connectivity index (χ3n) is 6.33. The van der Waals surface area contributed by atoms with Gasteiger partial charge in [0.25, 0.3) is 0 Å².